The number of carbonyl (C=O) groups is 1. The zero-order valence-electron chi connectivity index (χ0n) is 16.7. The van der Waals surface area contributed by atoms with Crippen molar-refractivity contribution in [3.8, 4) is 17.2 Å². The largest absolute Gasteiger partial charge is 0.494 e. The molecule has 5 nitrogen and oxygen atoms in total. The average Bonchev–Trinajstić information content (AvgIpc) is 3.22. The Labute approximate surface area is 166 Å². The summed E-state index contributed by atoms with van der Waals surface area (Å²) in [7, 11) is 3.20. The van der Waals surface area contributed by atoms with E-state index in [1.165, 1.54) is 0 Å². The van der Waals surface area contributed by atoms with Crippen molar-refractivity contribution >= 4 is 12.0 Å². The van der Waals surface area contributed by atoms with Crippen molar-refractivity contribution in [1.29, 1.82) is 0 Å². The van der Waals surface area contributed by atoms with E-state index in [0.717, 1.165) is 36.3 Å². The molecule has 2 aromatic carbocycles. The number of hydrogen-bond acceptors (Lipinski definition) is 4. The third kappa shape index (κ3) is 4.47. The molecule has 0 spiro atoms. The van der Waals surface area contributed by atoms with Crippen molar-refractivity contribution in [3.63, 3.8) is 0 Å². The number of ether oxygens (including phenoxy) is 3. The molecule has 1 fully saturated rings. The maximum atomic E-state index is 12.8. The first-order chi connectivity index (χ1) is 13.7. The maximum absolute atomic E-state index is 12.8. The molecule has 0 unspecified atom stereocenters. The highest BCUT2D eigenvalue weighted by molar-refractivity contribution is 5.92. The van der Waals surface area contributed by atoms with E-state index in [4.69, 9.17) is 14.2 Å². The van der Waals surface area contributed by atoms with Crippen molar-refractivity contribution in [1.82, 2.24) is 4.90 Å². The van der Waals surface area contributed by atoms with Crippen LogP contribution in [0.15, 0.2) is 48.5 Å². The third-order valence-corrected chi connectivity index (χ3v) is 4.94. The van der Waals surface area contributed by atoms with Crippen molar-refractivity contribution in [3.05, 3.63) is 59.7 Å². The summed E-state index contributed by atoms with van der Waals surface area (Å²) in [5.41, 5.74) is 2.04. The van der Waals surface area contributed by atoms with Crippen LogP contribution in [-0.4, -0.2) is 38.2 Å². The summed E-state index contributed by atoms with van der Waals surface area (Å²) >= 11 is 0. The maximum Gasteiger partial charge on any atom is 0.247 e. The Hall–Kier alpha value is -2.95. The first-order valence-corrected chi connectivity index (χ1v) is 9.59. The van der Waals surface area contributed by atoms with Crippen LogP contribution < -0.4 is 14.2 Å². The average molecular weight is 381 g/mol. The predicted molar refractivity (Wildman–Crippen MR) is 110 cm³/mol. The van der Waals surface area contributed by atoms with Gasteiger partial charge in [-0.15, -0.1) is 0 Å². The molecular formula is C23H27NO4. The molecule has 1 aliphatic heterocycles. The van der Waals surface area contributed by atoms with Crippen LogP contribution in [0.5, 0.6) is 17.2 Å². The highest BCUT2D eigenvalue weighted by Gasteiger charge is 2.28. The summed E-state index contributed by atoms with van der Waals surface area (Å²) in [4.78, 5) is 14.7. The molecule has 1 amide bonds. The minimum absolute atomic E-state index is 0.0196. The van der Waals surface area contributed by atoms with Crippen LogP contribution >= 0.6 is 0 Å². The van der Waals surface area contributed by atoms with Crippen LogP contribution in [0.4, 0.5) is 0 Å². The zero-order chi connectivity index (χ0) is 19.9. The van der Waals surface area contributed by atoms with Crippen LogP contribution in [0.1, 0.15) is 36.9 Å². The summed E-state index contributed by atoms with van der Waals surface area (Å²) in [5, 5.41) is 0. The van der Waals surface area contributed by atoms with Gasteiger partial charge in [0.1, 0.15) is 5.75 Å². The second-order valence-corrected chi connectivity index (χ2v) is 6.64. The molecule has 5 heteroatoms. The van der Waals surface area contributed by atoms with Gasteiger partial charge in [-0.1, -0.05) is 18.2 Å². The molecule has 0 bridgehead atoms. The Kier molecular flexibility index (Phi) is 6.58. The van der Waals surface area contributed by atoms with Crippen molar-refractivity contribution in [2.45, 2.75) is 25.8 Å². The standard InChI is InChI=1S/C23H27NO4/c1-4-28-19-11-9-18(10-12-19)20-6-5-15-24(20)23(25)14-8-17-7-13-21(26-2)22(16-17)27-3/h7-14,16,20H,4-6,15H2,1-3H3/b14-8+/t20-/m1/s1. The van der Waals surface area contributed by atoms with Gasteiger partial charge in [0.2, 0.25) is 5.91 Å². The molecule has 148 valence electrons. The van der Waals surface area contributed by atoms with E-state index < -0.39 is 0 Å². The molecule has 0 N–H and O–H groups in total. The van der Waals surface area contributed by atoms with Gasteiger partial charge in [0.15, 0.2) is 11.5 Å². The first-order valence-electron chi connectivity index (χ1n) is 9.59. The van der Waals surface area contributed by atoms with Gasteiger partial charge < -0.3 is 19.1 Å². The molecular weight excluding hydrogens is 354 g/mol. The Balaban J connectivity index is 1.71. The van der Waals surface area contributed by atoms with Gasteiger partial charge in [-0.3, -0.25) is 4.79 Å². The summed E-state index contributed by atoms with van der Waals surface area (Å²) in [5.74, 6) is 2.19. The monoisotopic (exact) mass is 381 g/mol. The van der Waals surface area contributed by atoms with Crippen LogP contribution in [-0.2, 0) is 4.79 Å². The highest BCUT2D eigenvalue weighted by Crippen LogP contribution is 2.33. The summed E-state index contributed by atoms with van der Waals surface area (Å²) in [6.07, 6.45) is 5.43. The topological polar surface area (TPSA) is 48.0 Å². The molecule has 0 aromatic heterocycles. The Morgan fingerprint density at radius 3 is 2.54 bits per heavy atom. The number of nitrogens with zero attached hydrogens (tertiary/aromatic N) is 1. The van der Waals surface area contributed by atoms with Crippen LogP contribution in [0, 0.1) is 0 Å². The minimum atomic E-state index is 0.0196. The van der Waals surface area contributed by atoms with Gasteiger partial charge in [-0.05, 0) is 61.2 Å². The van der Waals surface area contributed by atoms with Crippen molar-refractivity contribution in [2.24, 2.45) is 0 Å². The lowest BCUT2D eigenvalue weighted by atomic mass is 10.0. The van der Waals surface area contributed by atoms with E-state index in [0.29, 0.717) is 18.1 Å². The van der Waals surface area contributed by atoms with Crippen LogP contribution in [0.25, 0.3) is 6.08 Å². The second-order valence-electron chi connectivity index (χ2n) is 6.64. The van der Waals surface area contributed by atoms with Crippen molar-refractivity contribution < 1.29 is 19.0 Å². The molecule has 1 aliphatic rings. The quantitative estimate of drug-likeness (QED) is 0.664. The molecule has 0 saturated carbocycles. The molecule has 1 saturated heterocycles. The molecule has 28 heavy (non-hydrogen) atoms. The lowest BCUT2D eigenvalue weighted by Gasteiger charge is -2.24. The Morgan fingerprint density at radius 2 is 1.86 bits per heavy atom. The predicted octanol–water partition coefficient (Wildman–Crippen LogP) is 4.48. The molecule has 2 aromatic rings. The number of rotatable bonds is 7. The SMILES string of the molecule is CCOc1ccc([C@H]2CCCN2C(=O)/C=C/c2ccc(OC)c(OC)c2)cc1. The van der Waals surface area contributed by atoms with Gasteiger partial charge in [0.25, 0.3) is 0 Å². The third-order valence-electron chi connectivity index (χ3n) is 4.94. The smallest absolute Gasteiger partial charge is 0.247 e. The molecule has 1 atom stereocenters. The highest BCUT2D eigenvalue weighted by atomic mass is 16.5. The van der Waals surface area contributed by atoms with E-state index in [-0.39, 0.29) is 11.9 Å². The normalized spacial score (nSPS) is 16.4. The number of hydrogen-bond donors (Lipinski definition) is 0. The number of amides is 1. The molecule has 0 radical (unpaired) electrons. The fourth-order valence-corrected chi connectivity index (χ4v) is 3.55. The fraction of sp³-hybridized carbons (Fsp3) is 0.348. The first kappa shape index (κ1) is 19.8. The number of benzene rings is 2. The lowest BCUT2D eigenvalue weighted by molar-refractivity contribution is -0.126. The number of carbonyl (C=O) groups excluding carboxylic acids is 1. The zero-order valence-corrected chi connectivity index (χ0v) is 16.7. The molecule has 3 rings (SSSR count). The van der Waals surface area contributed by atoms with E-state index in [1.807, 2.05) is 48.2 Å². The molecule has 0 aliphatic carbocycles. The lowest BCUT2D eigenvalue weighted by Crippen LogP contribution is -2.28. The van der Waals surface area contributed by atoms with Gasteiger partial charge in [0, 0.05) is 12.6 Å². The number of methoxy groups -OCH3 is 2. The summed E-state index contributed by atoms with van der Waals surface area (Å²) in [6, 6.07) is 13.8. The van der Waals surface area contributed by atoms with E-state index in [9.17, 15) is 4.79 Å². The Bertz CT molecular complexity index is 829. The minimum Gasteiger partial charge on any atom is -0.494 e. The van der Waals surface area contributed by atoms with Gasteiger partial charge in [-0.2, -0.15) is 0 Å². The molecule has 1 heterocycles. The second kappa shape index (κ2) is 9.31. The number of likely N-dealkylation sites (tertiary alicyclic amines) is 1. The van der Waals surface area contributed by atoms with E-state index in [2.05, 4.69) is 12.1 Å². The van der Waals surface area contributed by atoms with Gasteiger partial charge in [0.05, 0.1) is 26.9 Å². The van der Waals surface area contributed by atoms with E-state index >= 15 is 0 Å². The Morgan fingerprint density at radius 1 is 1.11 bits per heavy atom. The van der Waals surface area contributed by atoms with Crippen LogP contribution in [0.2, 0.25) is 0 Å². The summed E-state index contributed by atoms with van der Waals surface area (Å²) in [6.45, 7) is 3.39. The fourth-order valence-electron chi connectivity index (χ4n) is 3.55. The van der Waals surface area contributed by atoms with Gasteiger partial charge >= 0.3 is 0 Å². The van der Waals surface area contributed by atoms with Crippen LogP contribution in [0.3, 0.4) is 0 Å². The summed E-state index contributed by atoms with van der Waals surface area (Å²) < 4.78 is 16.1. The van der Waals surface area contributed by atoms with Gasteiger partial charge in [-0.25, -0.2) is 0 Å². The van der Waals surface area contributed by atoms with Crippen molar-refractivity contribution in [2.75, 3.05) is 27.4 Å². The van der Waals surface area contributed by atoms with E-state index in [1.54, 1.807) is 20.3 Å².